The highest BCUT2D eigenvalue weighted by atomic mass is 32.2. The molecule has 1 unspecified atom stereocenters. The van der Waals surface area contributed by atoms with E-state index in [1.165, 1.54) is 28.6 Å². The number of alkyl halides is 3. The highest BCUT2D eigenvalue weighted by Crippen LogP contribution is 2.34. The van der Waals surface area contributed by atoms with Crippen LogP contribution in [0.15, 0.2) is 95.3 Å². The molecule has 33 heavy (non-hydrogen) atoms. The Bertz CT molecular complexity index is 1300. The number of benzene rings is 3. The van der Waals surface area contributed by atoms with E-state index in [0.29, 0.717) is 16.7 Å². The van der Waals surface area contributed by atoms with Crippen molar-refractivity contribution in [2.24, 2.45) is 4.99 Å². The molecule has 0 radical (unpaired) electrons. The van der Waals surface area contributed by atoms with Gasteiger partial charge in [-0.05, 0) is 42.3 Å². The van der Waals surface area contributed by atoms with Crippen molar-refractivity contribution in [3.63, 3.8) is 0 Å². The van der Waals surface area contributed by atoms with Crippen molar-refractivity contribution in [3.05, 3.63) is 108 Å². The van der Waals surface area contributed by atoms with Gasteiger partial charge in [0.25, 0.3) is 10.0 Å². The SMILES string of the molecule is C=C(c1ccc(C(F)(F)F)cc1)C1CN=C(c2ccccc2)N1S(=O)(=O)c1ccc(C)cc1. The maximum Gasteiger partial charge on any atom is 0.416 e. The van der Waals surface area contributed by atoms with E-state index in [-0.39, 0.29) is 17.3 Å². The van der Waals surface area contributed by atoms with E-state index >= 15 is 0 Å². The molecule has 1 atom stereocenters. The number of aryl methyl sites for hydroxylation is 1. The average molecular weight is 471 g/mol. The number of sulfonamides is 1. The standard InChI is InChI=1S/C25H21F3N2O2S/c1-17-8-14-22(15-9-17)33(31,32)30-23(16-29-24(30)20-6-4-3-5-7-20)18(2)19-10-12-21(13-11-19)25(26,27)28/h3-15,23H,2,16H2,1H3. The second-order valence-electron chi connectivity index (χ2n) is 7.76. The minimum Gasteiger partial charge on any atom is -0.265 e. The lowest BCUT2D eigenvalue weighted by Gasteiger charge is -2.29. The van der Waals surface area contributed by atoms with Crippen LogP contribution in [0.2, 0.25) is 0 Å². The summed E-state index contributed by atoms with van der Waals surface area (Å²) in [5.74, 6) is 0.272. The Hall–Kier alpha value is -3.39. The van der Waals surface area contributed by atoms with Crippen molar-refractivity contribution in [2.45, 2.75) is 24.0 Å². The normalized spacial score (nSPS) is 16.5. The molecule has 3 aromatic rings. The van der Waals surface area contributed by atoms with Crippen molar-refractivity contribution >= 4 is 21.4 Å². The number of nitrogens with zero attached hydrogens (tertiary/aromatic N) is 2. The van der Waals surface area contributed by atoms with Crippen molar-refractivity contribution in [3.8, 4) is 0 Å². The molecule has 170 valence electrons. The van der Waals surface area contributed by atoms with Crippen molar-refractivity contribution in [2.75, 3.05) is 6.54 Å². The third-order valence-electron chi connectivity index (χ3n) is 5.50. The van der Waals surface area contributed by atoms with Crippen LogP contribution in [0.3, 0.4) is 0 Å². The predicted molar refractivity (Wildman–Crippen MR) is 122 cm³/mol. The topological polar surface area (TPSA) is 49.7 Å². The molecule has 0 bridgehead atoms. The molecule has 1 aliphatic rings. The summed E-state index contributed by atoms with van der Waals surface area (Å²) in [4.78, 5) is 4.60. The maximum absolute atomic E-state index is 13.7. The third-order valence-corrected chi connectivity index (χ3v) is 7.31. The number of hydrogen-bond acceptors (Lipinski definition) is 3. The number of halogens is 3. The van der Waals surface area contributed by atoms with E-state index in [4.69, 9.17) is 0 Å². The summed E-state index contributed by atoms with van der Waals surface area (Å²) in [6, 6.07) is 19.2. The van der Waals surface area contributed by atoms with E-state index in [2.05, 4.69) is 11.6 Å². The Morgan fingerprint density at radius 2 is 1.58 bits per heavy atom. The zero-order chi connectivity index (χ0) is 23.8. The quantitative estimate of drug-likeness (QED) is 0.491. The van der Waals surface area contributed by atoms with Crippen molar-refractivity contribution in [1.82, 2.24) is 4.31 Å². The van der Waals surface area contributed by atoms with Crippen molar-refractivity contribution < 1.29 is 21.6 Å². The van der Waals surface area contributed by atoms with Gasteiger partial charge in [-0.1, -0.05) is 66.7 Å². The molecular weight excluding hydrogens is 449 g/mol. The fraction of sp³-hybridized carbons (Fsp3) is 0.160. The molecule has 0 N–H and O–H groups in total. The fourth-order valence-electron chi connectivity index (χ4n) is 3.69. The van der Waals surface area contributed by atoms with Crippen LogP contribution in [0.25, 0.3) is 5.57 Å². The van der Waals surface area contributed by atoms with E-state index in [1.807, 2.05) is 13.0 Å². The van der Waals surface area contributed by atoms with Gasteiger partial charge < -0.3 is 0 Å². The first-order chi connectivity index (χ1) is 15.6. The largest absolute Gasteiger partial charge is 0.416 e. The molecule has 1 aliphatic heterocycles. The highest BCUT2D eigenvalue weighted by Gasteiger charge is 2.40. The Balaban J connectivity index is 1.76. The summed E-state index contributed by atoms with van der Waals surface area (Å²) in [7, 11) is -4.02. The van der Waals surface area contributed by atoms with Crippen LogP contribution >= 0.6 is 0 Å². The Labute approximate surface area is 190 Å². The van der Waals surface area contributed by atoms with Gasteiger partial charge in [0.1, 0.15) is 5.84 Å². The average Bonchev–Trinajstić information content (AvgIpc) is 3.25. The monoisotopic (exact) mass is 470 g/mol. The van der Waals surface area contributed by atoms with E-state index < -0.39 is 27.8 Å². The van der Waals surface area contributed by atoms with Gasteiger partial charge in [0.05, 0.1) is 23.0 Å². The van der Waals surface area contributed by atoms with Crippen LogP contribution in [0.5, 0.6) is 0 Å². The molecule has 0 spiro atoms. The third kappa shape index (κ3) is 4.43. The summed E-state index contributed by atoms with van der Waals surface area (Å²) in [6.07, 6.45) is -4.46. The Morgan fingerprint density at radius 3 is 2.15 bits per heavy atom. The van der Waals surface area contributed by atoms with Gasteiger partial charge in [-0.15, -0.1) is 0 Å². The van der Waals surface area contributed by atoms with Crippen LogP contribution in [0.4, 0.5) is 13.2 Å². The number of aliphatic imine (C=N–C) groups is 1. The van der Waals surface area contributed by atoms with Gasteiger partial charge >= 0.3 is 6.18 Å². The minimum absolute atomic E-state index is 0.101. The number of rotatable bonds is 5. The molecule has 0 fully saturated rings. The maximum atomic E-state index is 13.7. The summed E-state index contributed by atoms with van der Waals surface area (Å²) in [6.45, 7) is 6.00. The number of hydrogen-bond donors (Lipinski definition) is 0. The van der Waals surface area contributed by atoms with Crippen LogP contribution in [0, 0.1) is 6.92 Å². The molecule has 0 saturated heterocycles. The Morgan fingerprint density at radius 1 is 0.970 bits per heavy atom. The Kier molecular flexibility index (Phi) is 5.88. The van der Waals surface area contributed by atoms with Crippen LogP contribution in [0.1, 0.15) is 22.3 Å². The highest BCUT2D eigenvalue weighted by molar-refractivity contribution is 7.89. The van der Waals surface area contributed by atoms with Gasteiger partial charge in [-0.2, -0.15) is 13.2 Å². The summed E-state index contributed by atoms with van der Waals surface area (Å²) < 4.78 is 67.6. The van der Waals surface area contributed by atoms with Crippen LogP contribution in [-0.4, -0.2) is 31.1 Å². The summed E-state index contributed by atoms with van der Waals surface area (Å²) >= 11 is 0. The molecule has 8 heteroatoms. The first kappa shape index (κ1) is 22.8. The molecule has 3 aromatic carbocycles. The van der Waals surface area contributed by atoms with Crippen LogP contribution < -0.4 is 0 Å². The lowest BCUT2D eigenvalue weighted by molar-refractivity contribution is -0.137. The summed E-state index contributed by atoms with van der Waals surface area (Å²) in [5, 5.41) is 0. The van der Waals surface area contributed by atoms with Gasteiger partial charge in [-0.3, -0.25) is 4.99 Å². The molecule has 0 amide bonds. The lowest BCUT2D eigenvalue weighted by atomic mass is 9.99. The van der Waals surface area contributed by atoms with Crippen molar-refractivity contribution in [1.29, 1.82) is 0 Å². The van der Waals surface area contributed by atoms with E-state index in [9.17, 15) is 21.6 Å². The van der Waals surface area contributed by atoms with Gasteiger partial charge in [-0.25, -0.2) is 12.7 Å². The first-order valence-corrected chi connectivity index (χ1v) is 11.6. The first-order valence-electron chi connectivity index (χ1n) is 10.2. The minimum atomic E-state index is -4.46. The fourth-order valence-corrected chi connectivity index (χ4v) is 5.32. The lowest BCUT2D eigenvalue weighted by Crippen LogP contribution is -2.42. The second-order valence-corrected chi connectivity index (χ2v) is 9.58. The summed E-state index contributed by atoms with van der Waals surface area (Å²) in [5.41, 5.74) is 1.54. The molecular formula is C25H21F3N2O2S. The molecule has 0 saturated carbocycles. The van der Waals surface area contributed by atoms with Gasteiger partial charge in [0, 0.05) is 5.56 Å². The zero-order valence-corrected chi connectivity index (χ0v) is 18.6. The molecule has 0 aromatic heterocycles. The molecule has 4 nitrogen and oxygen atoms in total. The van der Waals surface area contributed by atoms with Crippen LogP contribution in [-0.2, 0) is 16.2 Å². The van der Waals surface area contributed by atoms with E-state index in [1.54, 1.807) is 36.4 Å². The van der Waals surface area contributed by atoms with Gasteiger partial charge in [0.2, 0.25) is 0 Å². The smallest absolute Gasteiger partial charge is 0.265 e. The second kappa shape index (κ2) is 8.51. The zero-order valence-electron chi connectivity index (χ0n) is 17.8. The molecule has 1 heterocycles. The molecule has 4 rings (SSSR count). The van der Waals surface area contributed by atoms with Gasteiger partial charge in [0.15, 0.2) is 0 Å². The predicted octanol–water partition coefficient (Wildman–Crippen LogP) is 5.55. The molecule has 0 aliphatic carbocycles. The van der Waals surface area contributed by atoms with E-state index in [0.717, 1.165) is 17.7 Å². The number of amidine groups is 1.